The molecular weight excluding hydrogens is 687 g/mol. The van der Waals surface area contributed by atoms with E-state index in [-0.39, 0.29) is 11.9 Å². The van der Waals surface area contributed by atoms with Gasteiger partial charge in [0.05, 0.1) is 19.6 Å². The fourth-order valence-corrected chi connectivity index (χ4v) is 8.26. The summed E-state index contributed by atoms with van der Waals surface area (Å²) in [6, 6.07) is 0. The number of alkyl halides is 1. The van der Waals surface area contributed by atoms with Crippen LogP contribution in [-0.2, 0) is 19.1 Å². The summed E-state index contributed by atoms with van der Waals surface area (Å²) in [4.78, 5) is 27.1. The van der Waals surface area contributed by atoms with Crippen molar-refractivity contribution in [3.05, 3.63) is 0 Å². The van der Waals surface area contributed by atoms with Crippen LogP contribution in [0.2, 0.25) is 0 Å². The molecule has 0 bridgehead atoms. The molecular formula is C39H76IN2O4+. The second-order valence-corrected chi connectivity index (χ2v) is 15.6. The summed E-state index contributed by atoms with van der Waals surface area (Å²) >= 11 is 2.61. The molecule has 0 aromatic rings. The molecule has 6 nitrogen and oxygen atoms in total. The molecule has 0 saturated carbocycles. The van der Waals surface area contributed by atoms with Gasteiger partial charge in [0, 0.05) is 25.9 Å². The maximum atomic E-state index is 12.4. The van der Waals surface area contributed by atoms with Crippen molar-refractivity contribution in [1.29, 1.82) is 0 Å². The average Bonchev–Trinajstić information content (AvgIpc) is 3.04. The second-order valence-electron chi connectivity index (χ2n) is 14.1. The van der Waals surface area contributed by atoms with Crippen molar-refractivity contribution in [1.82, 2.24) is 4.90 Å². The maximum Gasteiger partial charge on any atom is 0.305 e. The molecule has 2 atom stereocenters. The molecule has 0 aromatic carbocycles. The van der Waals surface area contributed by atoms with Crippen molar-refractivity contribution < 1.29 is 23.5 Å². The van der Waals surface area contributed by atoms with Crippen LogP contribution in [-0.4, -0.2) is 77.9 Å². The van der Waals surface area contributed by atoms with Crippen molar-refractivity contribution in [3.63, 3.8) is 0 Å². The first-order valence-electron chi connectivity index (χ1n) is 20.0. The van der Waals surface area contributed by atoms with Gasteiger partial charge in [-0.25, -0.2) is 0 Å². The fourth-order valence-electron chi connectivity index (χ4n) is 6.86. The van der Waals surface area contributed by atoms with E-state index in [9.17, 15) is 9.59 Å². The van der Waals surface area contributed by atoms with Crippen molar-refractivity contribution in [3.8, 4) is 0 Å². The zero-order valence-electron chi connectivity index (χ0n) is 30.8. The zero-order chi connectivity index (χ0) is 33.6. The van der Waals surface area contributed by atoms with Gasteiger partial charge in [-0.2, -0.15) is 0 Å². The van der Waals surface area contributed by atoms with Crippen molar-refractivity contribution >= 4 is 34.5 Å². The van der Waals surface area contributed by atoms with Crippen LogP contribution >= 0.6 is 22.6 Å². The van der Waals surface area contributed by atoms with Gasteiger partial charge >= 0.3 is 11.9 Å². The number of unbranched alkanes of at least 4 members (excludes halogenated alkanes) is 20. The van der Waals surface area contributed by atoms with Crippen LogP contribution in [0, 0.1) is 0 Å². The Hall–Kier alpha value is -0.410. The van der Waals surface area contributed by atoms with Crippen LogP contribution in [0.4, 0.5) is 0 Å². The number of ether oxygens (including phenoxy) is 2. The highest BCUT2D eigenvalue weighted by Crippen LogP contribution is 2.26. The molecule has 1 heterocycles. The molecule has 7 heteroatoms. The lowest BCUT2D eigenvalue weighted by molar-refractivity contribution is -0.938. The van der Waals surface area contributed by atoms with Crippen LogP contribution in [0.15, 0.2) is 0 Å². The highest BCUT2D eigenvalue weighted by atomic mass is 127. The standard InChI is InChI=1S/C39H76IN2O4/c1-4-7-9-11-13-15-17-19-21-23-25-27-38(43)45-34-30-41-29-32-42(31-6-3,37(40)36-41)33-35-46-39(44)28-26-24-22-20-18-16-14-12-10-8-5-2/h37H,4-36H2,1-3H3/q+1. The Labute approximate surface area is 299 Å². The number of hydrogen-bond acceptors (Lipinski definition) is 5. The Morgan fingerprint density at radius 1 is 0.587 bits per heavy atom. The van der Waals surface area contributed by atoms with E-state index in [1.54, 1.807) is 0 Å². The van der Waals surface area contributed by atoms with Crippen LogP contribution in [0.25, 0.3) is 0 Å². The largest absolute Gasteiger partial charge is 0.464 e. The molecule has 0 aromatic heterocycles. The number of halogens is 1. The van der Waals surface area contributed by atoms with Gasteiger partial charge in [0.2, 0.25) is 0 Å². The minimum absolute atomic E-state index is 0.0239. The number of hydrogen-bond donors (Lipinski definition) is 0. The van der Waals surface area contributed by atoms with Crippen molar-refractivity contribution in [2.45, 2.75) is 185 Å². The predicted molar refractivity (Wildman–Crippen MR) is 203 cm³/mol. The fraction of sp³-hybridized carbons (Fsp3) is 0.949. The van der Waals surface area contributed by atoms with E-state index in [0.717, 1.165) is 75.9 Å². The zero-order valence-corrected chi connectivity index (χ0v) is 33.0. The second kappa shape index (κ2) is 30.6. The smallest absolute Gasteiger partial charge is 0.305 e. The van der Waals surface area contributed by atoms with Crippen molar-refractivity contribution in [2.75, 3.05) is 52.5 Å². The molecule has 0 spiro atoms. The minimum Gasteiger partial charge on any atom is -0.464 e. The number of esters is 2. The lowest BCUT2D eigenvalue weighted by Gasteiger charge is -2.48. The van der Waals surface area contributed by atoms with Crippen molar-refractivity contribution in [2.24, 2.45) is 0 Å². The summed E-state index contributed by atoms with van der Waals surface area (Å²) in [6.07, 6.45) is 30.7. The highest BCUT2D eigenvalue weighted by molar-refractivity contribution is 14.1. The predicted octanol–water partition coefficient (Wildman–Crippen LogP) is 10.8. The lowest BCUT2D eigenvalue weighted by Crippen LogP contribution is -2.65. The molecule has 0 radical (unpaired) electrons. The Bertz CT molecular complexity index is 724. The number of rotatable bonds is 32. The van der Waals surface area contributed by atoms with Crippen LogP contribution in [0.3, 0.4) is 0 Å². The Balaban J connectivity index is 2.11. The SMILES string of the molecule is CCCCCCCCCCCCCC(=O)OCCN1CC[N+](CCC)(CCOC(=O)CCCCCCCCCCCCC)C(I)C1. The highest BCUT2D eigenvalue weighted by Gasteiger charge is 2.39. The van der Waals surface area contributed by atoms with Crippen LogP contribution in [0.1, 0.15) is 181 Å². The normalized spacial score (nSPS) is 18.6. The molecule has 1 aliphatic heterocycles. The summed E-state index contributed by atoms with van der Waals surface area (Å²) in [6.45, 7) is 13.7. The van der Waals surface area contributed by atoms with Gasteiger partial charge in [0.25, 0.3) is 0 Å². The lowest BCUT2D eigenvalue weighted by atomic mass is 10.1. The number of piperazine rings is 1. The third-order valence-electron chi connectivity index (χ3n) is 9.97. The summed E-state index contributed by atoms with van der Waals surface area (Å²) < 4.78 is 12.8. The molecule has 0 N–H and O–H groups in total. The van der Waals surface area contributed by atoms with Gasteiger partial charge < -0.3 is 14.0 Å². The molecule has 1 saturated heterocycles. The Kier molecular flexibility index (Phi) is 29.0. The molecule has 1 aliphatic rings. The monoisotopic (exact) mass is 763 g/mol. The first-order valence-corrected chi connectivity index (χ1v) is 21.2. The van der Waals surface area contributed by atoms with E-state index in [0.29, 0.717) is 30.1 Å². The van der Waals surface area contributed by atoms with E-state index in [1.807, 2.05) is 0 Å². The Morgan fingerprint density at radius 2 is 1.00 bits per heavy atom. The third kappa shape index (κ3) is 23.0. The number of nitrogens with zero attached hydrogens (tertiary/aromatic N) is 2. The summed E-state index contributed by atoms with van der Waals surface area (Å²) in [5, 5.41) is 0. The molecule has 1 rings (SSSR count). The molecule has 272 valence electrons. The first-order chi connectivity index (χ1) is 22.5. The van der Waals surface area contributed by atoms with Gasteiger partial charge in [0.1, 0.15) is 19.8 Å². The molecule has 0 amide bonds. The quantitative estimate of drug-likeness (QED) is 0.0171. The number of carbonyl (C=O) groups is 2. The van der Waals surface area contributed by atoms with E-state index in [1.165, 1.54) is 116 Å². The van der Waals surface area contributed by atoms with Gasteiger partial charge in [0.15, 0.2) is 4.05 Å². The van der Waals surface area contributed by atoms with Crippen LogP contribution < -0.4 is 0 Å². The Morgan fingerprint density at radius 3 is 1.41 bits per heavy atom. The number of quaternary nitrogens is 1. The molecule has 2 unspecified atom stereocenters. The first kappa shape index (κ1) is 43.6. The summed E-state index contributed by atoms with van der Waals surface area (Å²) in [5.41, 5.74) is 0. The van der Waals surface area contributed by atoms with E-state index >= 15 is 0 Å². The molecule has 0 aliphatic carbocycles. The van der Waals surface area contributed by atoms with E-state index < -0.39 is 0 Å². The number of carbonyl (C=O) groups excluding carboxylic acids is 2. The third-order valence-corrected chi connectivity index (χ3v) is 11.5. The summed E-state index contributed by atoms with van der Waals surface area (Å²) in [7, 11) is 0. The molecule has 46 heavy (non-hydrogen) atoms. The topological polar surface area (TPSA) is 55.8 Å². The summed E-state index contributed by atoms with van der Waals surface area (Å²) in [5.74, 6) is -0.0609. The average molecular weight is 764 g/mol. The van der Waals surface area contributed by atoms with Gasteiger partial charge in [-0.05, 0) is 41.9 Å². The van der Waals surface area contributed by atoms with Crippen LogP contribution in [0.5, 0.6) is 0 Å². The van der Waals surface area contributed by atoms with E-state index in [2.05, 4.69) is 48.3 Å². The maximum absolute atomic E-state index is 12.4. The minimum atomic E-state index is -0.0370. The van der Waals surface area contributed by atoms with Gasteiger partial charge in [-0.15, -0.1) is 0 Å². The van der Waals surface area contributed by atoms with E-state index in [4.69, 9.17) is 9.47 Å². The van der Waals surface area contributed by atoms with Gasteiger partial charge in [-0.3, -0.25) is 14.5 Å². The van der Waals surface area contributed by atoms with Gasteiger partial charge in [-0.1, -0.05) is 149 Å². The molecule has 1 fully saturated rings.